The van der Waals surface area contributed by atoms with Crippen molar-refractivity contribution in [1.82, 2.24) is 4.98 Å². The Balaban J connectivity index is 3.28. The average Bonchev–Trinajstić information content (AvgIpc) is 2.15. The molecule has 3 N–H and O–H groups in total. The van der Waals surface area contributed by atoms with Gasteiger partial charge < -0.3 is 5.43 Å². The first-order chi connectivity index (χ1) is 6.49. The molecule has 0 atom stereocenters. The average molecular weight is 202 g/mol. The van der Waals surface area contributed by atoms with Gasteiger partial charge in [-0.05, 0) is 0 Å². The van der Waals surface area contributed by atoms with Gasteiger partial charge in [0, 0.05) is 12.3 Å². The van der Waals surface area contributed by atoms with Crippen LogP contribution in [0.5, 0.6) is 0 Å². The number of nitrogens with one attached hydrogen (secondary N) is 1. The Kier molecular flexibility index (Phi) is 2.58. The molecule has 0 saturated heterocycles. The Morgan fingerprint density at radius 2 is 2.14 bits per heavy atom. The van der Waals surface area contributed by atoms with Crippen molar-refractivity contribution in [3.8, 4) is 6.07 Å². The minimum atomic E-state index is -4.58. The predicted octanol–water partition coefficient (Wildman–Crippen LogP) is 1.26. The summed E-state index contributed by atoms with van der Waals surface area (Å²) in [6, 6.07) is 2.35. The van der Waals surface area contributed by atoms with Gasteiger partial charge in [0.1, 0.15) is 5.82 Å². The second-order valence-corrected chi connectivity index (χ2v) is 2.37. The van der Waals surface area contributed by atoms with Crippen molar-refractivity contribution >= 4 is 5.82 Å². The van der Waals surface area contributed by atoms with Crippen molar-refractivity contribution in [3.05, 3.63) is 23.4 Å². The van der Waals surface area contributed by atoms with Crippen LogP contribution in [0.1, 0.15) is 11.1 Å². The lowest BCUT2D eigenvalue weighted by Crippen LogP contribution is -2.12. The first-order valence-corrected chi connectivity index (χ1v) is 3.43. The number of nitrogens with two attached hydrogens (primary N) is 1. The molecule has 1 aromatic rings. The minimum Gasteiger partial charge on any atom is -0.308 e. The Morgan fingerprint density at radius 3 is 2.57 bits per heavy atom. The summed E-state index contributed by atoms with van der Waals surface area (Å²) >= 11 is 0. The van der Waals surface area contributed by atoms with Gasteiger partial charge in [-0.2, -0.15) is 18.4 Å². The van der Waals surface area contributed by atoms with Crippen LogP contribution in [0.4, 0.5) is 19.0 Å². The van der Waals surface area contributed by atoms with E-state index in [0.717, 1.165) is 6.07 Å². The summed E-state index contributed by atoms with van der Waals surface area (Å²) < 4.78 is 36.7. The lowest BCUT2D eigenvalue weighted by molar-refractivity contribution is -0.138. The maximum absolute atomic E-state index is 12.2. The highest BCUT2D eigenvalue weighted by Gasteiger charge is 2.34. The summed E-state index contributed by atoms with van der Waals surface area (Å²) in [6.45, 7) is 0. The summed E-state index contributed by atoms with van der Waals surface area (Å²) in [4.78, 5) is 3.37. The zero-order valence-corrected chi connectivity index (χ0v) is 6.76. The highest BCUT2D eigenvalue weighted by Crippen LogP contribution is 2.31. The number of nitriles is 1. The van der Waals surface area contributed by atoms with Gasteiger partial charge in [-0.25, -0.2) is 10.8 Å². The van der Waals surface area contributed by atoms with E-state index in [0.29, 0.717) is 6.20 Å². The maximum Gasteiger partial charge on any atom is 0.419 e. The van der Waals surface area contributed by atoms with Crippen LogP contribution >= 0.6 is 0 Å². The minimum absolute atomic E-state index is 0.00884. The number of hydrogen-bond acceptors (Lipinski definition) is 4. The van der Waals surface area contributed by atoms with Gasteiger partial charge in [0.15, 0.2) is 0 Å². The van der Waals surface area contributed by atoms with Gasteiger partial charge >= 0.3 is 6.18 Å². The fraction of sp³-hybridized carbons (Fsp3) is 0.143. The number of pyridine rings is 1. The van der Waals surface area contributed by atoms with Crippen LogP contribution in [0.2, 0.25) is 0 Å². The molecule has 0 aliphatic heterocycles. The smallest absolute Gasteiger partial charge is 0.308 e. The van der Waals surface area contributed by atoms with Gasteiger partial charge in [0.25, 0.3) is 0 Å². The molecule has 0 fully saturated rings. The topological polar surface area (TPSA) is 74.7 Å². The van der Waals surface area contributed by atoms with E-state index in [-0.39, 0.29) is 5.82 Å². The van der Waals surface area contributed by atoms with Crippen LogP contribution in [-0.2, 0) is 6.18 Å². The second-order valence-electron chi connectivity index (χ2n) is 2.37. The molecule has 0 amide bonds. The largest absolute Gasteiger partial charge is 0.419 e. The first-order valence-electron chi connectivity index (χ1n) is 3.43. The maximum atomic E-state index is 12.2. The van der Waals surface area contributed by atoms with E-state index < -0.39 is 17.3 Å². The van der Waals surface area contributed by atoms with Crippen LogP contribution < -0.4 is 11.3 Å². The Bertz CT molecular complexity index is 380. The molecule has 0 aromatic carbocycles. The molecule has 0 radical (unpaired) electrons. The molecule has 0 aliphatic carbocycles. The van der Waals surface area contributed by atoms with Crippen molar-refractivity contribution < 1.29 is 13.2 Å². The van der Waals surface area contributed by atoms with Crippen molar-refractivity contribution in [2.24, 2.45) is 5.84 Å². The number of rotatable bonds is 1. The molecule has 0 aliphatic rings. The molecule has 0 saturated carbocycles. The predicted molar refractivity (Wildman–Crippen MR) is 41.8 cm³/mol. The van der Waals surface area contributed by atoms with E-state index >= 15 is 0 Å². The number of alkyl halides is 3. The summed E-state index contributed by atoms with van der Waals surface area (Å²) in [7, 11) is 0. The normalized spacial score (nSPS) is 10.8. The van der Waals surface area contributed by atoms with E-state index in [1.165, 1.54) is 6.07 Å². The molecule has 74 valence electrons. The number of aromatic nitrogens is 1. The molecule has 1 aromatic heterocycles. The summed E-state index contributed by atoms with van der Waals surface area (Å²) in [6.07, 6.45) is -4.01. The van der Waals surface area contributed by atoms with Crippen LogP contribution in [-0.4, -0.2) is 4.98 Å². The van der Waals surface area contributed by atoms with Crippen molar-refractivity contribution in [2.45, 2.75) is 6.18 Å². The number of hydrazine groups is 1. The Hall–Kier alpha value is -1.81. The molecule has 0 bridgehead atoms. The molecule has 0 spiro atoms. The molecule has 0 unspecified atom stereocenters. The fourth-order valence-corrected chi connectivity index (χ4v) is 0.853. The molecule has 4 nitrogen and oxygen atoms in total. The van der Waals surface area contributed by atoms with Gasteiger partial charge in [0.05, 0.1) is 17.2 Å². The first kappa shape index (κ1) is 10.3. The monoisotopic (exact) mass is 202 g/mol. The molecule has 14 heavy (non-hydrogen) atoms. The quantitative estimate of drug-likeness (QED) is 0.531. The SMILES string of the molecule is N#Cc1cc(NN)ncc1C(F)(F)F. The molecule has 1 heterocycles. The highest BCUT2D eigenvalue weighted by molar-refractivity contribution is 5.47. The van der Waals surface area contributed by atoms with E-state index in [4.69, 9.17) is 11.1 Å². The number of nitrogens with zero attached hydrogens (tertiary/aromatic N) is 2. The molecular weight excluding hydrogens is 197 g/mol. The molecular formula is C7H5F3N4. The summed E-state index contributed by atoms with van der Waals surface area (Å²) in [5.41, 5.74) is 0.467. The second kappa shape index (κ2) is 3.51. The van der Waals surface area contributed by atoms with E-state index in [9.17, 15) is 13.2 Å². The lowest BCUT2D eigenvalue weighted by Gasteiger charge is -2.08. The van der Waals surface area contributed by atoms with Crippen molar-refractivity contribution in [1.29, 1.82) is 5.26 Å². The zero-order chi connectivity index (χ0) is 10.8. The third kappa shape index (κ3) is 1.92. The highest BCUT2D eigenvalue weighted by atomic mass is 19.4. The van der Waals surface area contributed by atoms with Gasteiger partial charge in [-0.3, -0.25) is 0 Å². The number of anilines is 1. The summed E-state index contributed by atoms with van der Waals surface area (Å²) in [5.74, 6) is 4.94. The number of halogens is 3. The van der Waals surface area contributed by atoms with E-state index in [1.54, 1.807) is 0 Å². The Labute approximate surface area is 77.1 Å². The van der Waals surface area contributed by atoms with Crippen LogP contribution in [0.25, 0.3) is 0 Å². The number of nitrogen functional groups attached to an aromatic ring is 1. The van der Waals surface area contributed by atoms with E-state index in [2.05, 4.69) is 10.4 Å². The lowest BCUT2D eigenvalue weighted by atomic mass is 10.1. The van der Waals surface area contributed by atoms with Crippen LogP contribution in [0, 0.1) is 11.3 Å². The molecule has 1 rings (SSSR count). The van der Waals surface area contributed by atoms with Crippen molar-refractivity contribution in [3.63, 3.8) is 0 Å². The van der Waals surface area contributed by atoms with Crippen LogP contribution in [0.3, 0.4) is 0 Å². The summed E-state index contributed by atoms with van der Waals surface area (Å²) in [5, 5.41) is 8.46. The zero-order valence-electron chi connectivity index (χ0n) is 6.76. The van der Waals surface area contributed by atoms with Gasteiger partial charge in [-0.1, -0.05) is 0 Å². The van der Waals surface area contributed by atoms with Gasteiger partial charge in [-0.15, -0.1) is 0 Å². The van der Waals surface area contributed by atoms with Crippen molar-refractivity contribution in [2.75, 3.05) is 5.43 Å². The number of hydrogen-bond donors (Lipinski definition) is 2. The third-order valence-corrected chi connectivity index (χ3v) is 1.48. The third-order valence-electron chi connectivity index (χ3n) is 1.48. The molecule has 7 heteroatoms. The fourth-order valence-electron chi connectivity index (χ4n) is 0.853. The van der Waals surface area contributed by atoms with Gasteiger partial charge in [0.2, 0.25) is 0 Å². The van der Waals surface area contributed by atoms with Crippen LogP contribution in [0.15, 0.2) is 12.3 Å². The van der Waals surface area contributed by atoms with E-state index in [1.807, 2.05) is 0 Å². The Morgan fingerprint density at radius 1 is 1.50 bits per heavy atom. The standard InChI is InChI=1S/C7H5F3N4/c8-7(9,10)5-3-13-6(14-12)1-4(5)2-11/h1,3H,12H2,(H,13,14).